The summed E-state index contributed by atoms with van der Waals surface area (Å²) in [4.78, 5) is 56.1. The molecule has 2 aliphatic heterocycles. The van der Waals surface area contributed by atoms with Crippen molar-refractivity contribution in [2.24, 2.45) is 11.8 Å². The molecule has 0 saturated carbocycles. The van der Waals surface area contributed by atoms with Gasteiger partial charge in [0.05, 0.1) is 25.2 Å². The number of benzene rings is 1. The molecule has 10 heteroatoms. The molecule has 3 atom stereocenters. The molecule has 4 rings (SSSR count). The number of nitrogens with one attached hydrogen (secondary N) is 1. The number of nitrogens with zero attached hydrogens (tertiary/aromatic N) is 1. The van der Waals surface area contributed by atoms with Crippen molar-refractivity contribution >= 4 is 35.2 Å². The van der Waals surface area contributed by atoms with E-state index >= 15 is 0 Å². The average Bonchev–Trinajstić information content (AvgIpc) is 3.45. The predicted molar refractivity (Wildman–Crippen MR) is 108 cm³/mol. The van der Waals surface area contributed by atoms with Crippen LogP contribution in [0, 0.1) is 11.8 Å². The second-order valence-corrected chi connectivity index (χ2v) is 8.11. The van der Waals surface area contributed by atoms with Crippen molar-refractivity contribution < 1.29 is 33.4 Å². The van der Waals surface area contributed by atoms with E-state index in [4.69, 9.17) is 14.2 Å². The van der Waals surface area contributed by atoms with Crippen LogP contribution in [0.3, 0.4) is 0 Å². The van der Waals surface area contributed by atoms with Crippen molar-refractivity contribution in [2.45, 2.75) is 25.4 Å². The van der Waals surface area contributed by atoms with Crippen LogP contribution >= 0.6 is 11.3 Å². The van der Waals surface area contributed by atoms with Crippen LogP contribution in [0.4, 0.5) is 0 Å². The fourth-order valence-corrected chi connectivity index (χ4v) is 5.07. The van der Waals surface area contributed by atoms with Gasteiger partial charge in [-0.1, -0.05) is 30.3 Å². The standard InChI is InChI=1S/C21H20N2O7S/c1-3-28-19(26)21(20(27)29-4-2)14-13(17(24)30-18(14)25)15(23-21)12-10-22-16(31-12)11-8-6-5-7-9-11/h5-10,13-15,23H,3-4H2,1-2H3/t13-,14-,15-/m0/s1. The molecule has 0 bridgehead atoms. The Morgan fingerprint density at radius 3 is 2.35 bits per heavy atom. The van der Waals surface area contributed by atoms with Crippen LogP contribution in [-0.2, 0) is 33.4 Å². The maximum absolute atomic E-state index is 13.0. The van der Waals surface area contributed by atoms with Gasteiger partial charge in [0.25, 0.3) is 0 Å². The van der Waals surface area contributed by atoms with E-state index in [-0.39, 0.29) is 13.2 Å². The number of carbonyl (C=O) groups is 4. The van der Waals surface area contributed by atoms with Gasteiger partial charge in [0.2, 0.25) is 5.54 Å². The second-order valence-electron chi connectivity index (χ2n) is 7.05. The smallest absolute Gasteiger partial charge is 0.339 e. The molecule has 0 amide bonds. The van der Waals surface area contributed by atoms with Gasteiger partial charge < -0.3 is 14.2 Å². The Labute approximate surface area is 181 Å². The summed E-state index contributed by atoms with van der Waals surface area (Å²) in [7, 11) is 0. The van der Waals surface area contributed by atoms with Crippen molar-refractivity contribution in [3.05, 3.63) is 41.4 Å². The summed E-state index contributed by atoms with van der Waals surface area (Å²) < 4.78 is 15.1. The zero-order valence-corrected chi connectivity index (χ0v) is 17.6. The summed E-state index contributed by atoms with van der Waals surface area (Å²) in [6.07, 6.45) is 1.56. The number of esters is 4. The number of rotatable bonds is 6. The van der Waals surface area contributed by atoms with Crippen LogP contribution in [0.1, 0.15) is 24.8 Å². The predicted octanol–water partition coefficient (Wildman–Crippen LogP) is 1.64. The van der Waals surface area contributed by atoms with Crippen molar-refractivity contribution in [1.82, 2.24) is 10.3 Å². The molecule has 0 aliphatic carbocycles. The summed E-state index contributed by atoms with van der Waals surface area (Å²) in [6, 6.07) is 8.56. The van der Waals surface area contributed by atoms with Gasteiger partial charge in [0, 0.05) is 16.6 Å². The Morgan fingerprint density at radius 2 is 1.74 bits per heavy atom. The number of thiazole rings is 1. The topological polar surface area (TPSA) is 121 Å². The van der Waals surface area contributed by atoms with Crippen molar-refractivity contribution in [3.63, 3.8) is 0 Å². The third-order valence-electron chi connectivity index (χ3n) is 5.34. The van der Waals surface area contributed by atoms with Crippen molar-refractivity contribution in [1.29, 1.82) is 0 Å². The van der Waals surface area contributed by atoms with Gasteiger partial charge in [-0.25, -0.2) is 14.6 Å². The molecule has 2 aliphatic rings. The number of fused-ring (bicyclic) bond motifs is 1. The summed E-state index contributed by atoms with van der Waals surface area (Å²) in [5.41, 5.74) is -1.30. The van der Waals surface area contributed by atoms with Gasteiger partial charge in [0.1, 0.15) is 10.9 Å². The quantitative estimate of drug-likeness (QED) is 0.402. The SMILES string of the molecule is CCOC(=O)C1(C(=O)OCC)N[C@@H](c2cnc(-c3ccccc3)s2)[C@H]2C(=O)OC(=O)[C@H]21. The van der Waals surface area contributed by atoms with Gasteiger partial charge >= 0.3 is 23.9 Å². The monoisotopic (exact) mass is 444 g/mol. The van der Waals surface area contributed by atoms with Crippen molar-refractivity contribution in [3.8, 4) is 10.6 Å². The molecule has 9 nitrogen and oxygen atoms in total. The molecular formula is C21H20N2O7S. The molecule has 2 fully saturated rings. The van der Waals surface area contributed by atoms with E-state index in [0.29, 0.717) is 9.88 Å². The lowest BCUT2D eigenvalue weighted by atomic mass is 9.80. The summed E-state index contributed by atoms with van der Waals surface area (Å²) >= 11 is 1.29. The van der Waals surface area contributed by atoms with E-state index in [0.717, 1.165) is 5.56 Å². The van der Waals surface area contributed by atoms with Crippen LogP contribution in [0.15, 0.2) is 36.5 Å². The molecule has 162 valence electrons. The molecular weight excluding hydrogens is 424 g/mol. The van der Waals surface area contributed by atoms with E-state index in [1.165, 1.54) is 11.3 Å². The molecule has 1 aromatic carbocycles. The first-order valence-electron chi connectivity index (χ1n) is 9.82. The highest BCUT2D eigenvalue weighted by atomic mass is 32.1. The molecule has 31 heavy (non-hydrogen) atoms. The van der Waals surface area contributed by atoms with Gasteiger partial charge in [-0.2, -0.15) is 0 Å². The minimum absolute atomic E-state index is 0.0224. The average molecular weight is 444 g/mol. The lowest BCUT2D eigenvalue weighted by Crippen LogP contribution is -2.61. The normalized spacial score (nSPS) is 23.9. The highest BCUT2D eigenvalue weighted by molar-refractivity contribution is 7.15. The van der Waals surface area contributed by atoms with E-state index < -0.39 is 47.3 Å². The minimum Gasteiger partial charge on any atom is -0.464 e. The lowest BCUT2D eigenvalue weighted by molar-refractivity contribution is -0.172. The Morgan fingerprint density at radius 1 is 1.10 bits per heavy atom. The van der Waals surface area contributed by atoms with E-state index in [1.807, 2.05) is 30.3 Å². The Balaban J connectivity index is 1.79. The zero-order chi connectivity index (χ0) is 22.2. The minimum atomic E-state index is -2.18. The highest BCUT2D eigenvalue weighted by Gasteiger charge is 2.73. The number of hydrogen-bond acceptors (Lipinski definition) is 10. The van der Waals surface area contributed by atoms with Crippen LogP contribution in [0.2, 0.25) is 0 Å². The maximum Gasteiger partial charge on any atom is 0.339 e. The summed E-state index contributed by atoms with van der Waals surface area (Å²) in [5, 5.41) is 3.61. The van der Waals surface area contributed by atoms with Gasteiger partial charge in [0.15, 0.2) is 0 Å². The first kappa shape index (κ1) is 21.1. The largest absolute Gasteiger partial charge is 0.464 e. The highest BCUT2D eigenvalue weighted by Crippen LogP contribution is 2.50. The molecule has 2 aromatic rings. The van der Waals surface area contributed by atoms with Gasteiger partial charge in [-0.3, -0.25) is 14.9 Å². The van der Waals surface area contributed by atoms with Crippen LogP contribution in [0.25, 0.3) is 10.6 Å². The number of ether oxygens (including phenoxy) is 3. The van der Waals surface area contributed by atoms with Gasteiger partial charge in [-0.05, 0) is 13.8 Å². The molecule has 0 unspecified atom stereocenters. The van der Waals surface area contributed by atoms with E-state index in [9.17, 15) is 19.2 Å². The number of cyclic esters (lactones) is 2. The first-order chi connectivity index (χ1) is 14.9. The molecule has 1 N–H and O–H groups in total. The first-order valence-corrected chi connectivity index (χ1v) is 10.6. The zero-order valence-electron chi connectivity index (χ0n) is 16.8. The van der Waals surface area contributed by atoms with Crippen LogP contribution in [0.5, 0.6) is 0 Å². The van der Waals surface area contributed by atoms with Crippen LogP contribution in [-0.4, -0.2) is 47.6 Å². The third kappa shape index (κ3) is 3.31. The molecule has 2 saturated heterocycles. The maximum atomic E-state index is 13.0. The molecule has 0 spiro atoms. The fraction of sp³-hybridized carbons (Fsp3) is 0.381. The Kier molecular flexibility index (Phi) is 5.59. The Hall–Kier alpha value is -3.11. The third-order valence-corrected chi connectivity index (χ3v) is 6.47. The molecule has 3 heterocycles. The van der Waals surface area contributed by atoms with Crippen molar-refractivity contribution in [2.75, 3.05) is 13.2 Å². The van der Waals surface area contributed by atoms with E-state index in [1.54, 1.807) is 20.0 Å². The van der Waals surface area contributed by atoms with Gasteiger partial charge in [-0.15, -0.1) is 11.3 Å². The van der Waals surface area contributed by atoms with Crippen LogP contribution < -0.4 is 5.32 Å². The molecule has 1 aromatic heterocycles. The number of aromatic nitrogens is 1. The summed E-state index contributed by atoms with van der Waals surface area (Å²) in [5.74, 6) is -6.22. The summed E-state index contributed by atoms with van der Waals surface area (Å²) in [6.45, 7) is 3.11. The fourth-order valence-electron chi connectivity index (χ4n) is 4.05. The second kappa shape index (κ2) is 8.20. The lowest BCUT2D eigenvalue weighted by Gasteiger charge is -2.28. The number of carbonyl (C=O) groups excluding carboxylic acids is 4. The number of hydrogen-bond donors (Lipinski definition) is 1. The molecule has 0 radical (unpaired) electrons. The van der Waals surface area contributed by atoms with E-state index in [2.05, 4.69) is 10.3 Å². The Bertz CT molecular complexity index is 1020.